The van der Waals surface area contributed by atoms with E-state index in [0.29, 0.717) is 44.4 Å². The van der Waals surface area contributed by atoms with Crippen LogP contribution in [0.25, 0.3) is 22.4 Å². The highest BCUT2D eigenvalue weighted by Crippen LogP contribution is 2.31. The molecule has 0 aliphatic rings. The average molecular weight is 412 g/mol. The molecule has 0 aliphatic carbocycles. The number of oxazole rings is 1. The summed E-state index contributed by atoms with van der Waals surface area (Å²) in [5.41, 5.74) is 2.81. The second-order valence-corrected chi connectivity index (χ2v) is 7.32. The molecule has 0 saturated heterocycles. The lowest BCUT2D eigenvalue weighted by molar-refractivity contribution is 0.102. The number of anilines is 1. The monoisotopic (exact) mass is 411 g/mol. The molecule has 0 spiro atoms. The van der Waals surface area contributed by atoms with E-state index >= 15 is 0 Å². The van der Waals surface area contributed by atoms with E-state index < -0.39 is 11.7 Å². The lowest BCUT2D eigenvalue weighted by Crippen LogP contribution is -2.16. The maximum Gasteiger partial charge on any atom is 0.420 e. The number of fused-ring (bicyclic) bond motifs is 1. The molecule has 148 valence electrons. The van der Waals surface area contributed by atoms with Gasteiger partial charge in [0.25, 0.3) is 5.91 Å². The Labute approximate surface area is 170 Å². The number of aromatic nitrogens is 2. The minimum absolute atomic E-state index is 0.0398. The quantitative estimate of drug-likeness (QED) is 0.507. The van der Waals surface area contributed by atoms with Gasteiger partial charge in [0.15, 0.2) is 5.58 Å². The number of hydrogen-bond acceptors (Lipinski definition) is 5. The molecule has 2 aromatic carbocycles. The zero-order valence-electron chi connectivity index (χ0n) is 16.0. The standard InChI is InChI=1S/C21H18ClN3O4/c1-11(2)25-16-9-8-13(10-17(16)28-21(25)27)23-20(26)18-12(3)29-24-19(18)14-6-4-5-7-15(14)22/h4-11H,1-3H3,(H,23,26). The molecular weight excluding hydrogens is 394 g/mol. The first-order valence-corrected chi connectivity index (χ1v) is 9.42. The summed E-state index contributed by atoms with van der Waals surface area (Å²) in [6, 6.07) is 12.1. The molecule has 0 aliphatic heterocycles. The van der Waals surface area contributed by atoms with Crippen LogP contribution in [0.4, 0.5) is 5.69 Å². The van der Waals surface area contributed by atoms with Crippen LogP contribution in [0, 0.1) is 6.92 Å². The van der Waals surface area contributed by atoms with E-state index in [9.17, 15) is 9.59 Å². The van der Waals surface area contributed by atoms with E-state index in [0.717, 1.165) is 0 Å². The molecule has 0 radical (unpaired) electrons. The van der Waals surface area contributed by atoms with E-state index in [2.05, 4.69) is 10.5 Å². The number of halogens is 1. The van der Waals surface area contributed by atoms with Crippen molar-refractivity contribution in [3.63, 3.8) is 0 Å². The number of amides is 1. The summed E-state index contributed by atoms with van der Waals surface area (Å²) in [4.78, 5) is 25.0. The van der Waals surface area contributed by atoms with Gasteiger partial charge in [-0.1, -0.05) is 35.0 Å². The lowest BCUT2D eigenvalue weighted by atomic mass is 10.1. The summed E-state index contributed by atoms with van der Waals surface area (Å²) in [7, 11) is 0. The Hall–Kier alpha value is -3.32. The van der Waals surface area contributed by atoms with Gasteiger partial charge in [0.05, 0.1) is 10.5 Å². The van der Waals surface area contributed by atoms with Gasteiger partial charge in [0.2, 0.25) is 0 Å². The molecule has 4 aromatic rings. The number of nitrogens with one attached hydrogen (secondary N) is 1. The van der Waals surface area contributed by atoms with Crippen molar-refractivity contribution in [1.29, 1.82) is 0 Å². The van der Waals surface area contributed by atoms with Crippen molar-refractivity contribution < 1.29 is 13.7 Å². The Kier molecular flexibility index (Phi) is 4.76. The third-order valence-electron chi connectivity index (χ3n) is 4.61. The van der Waals surface area contributed by atoms with Gasteiger partial charge in [-0.2, -0.15) is 0 Å². The molecule has 2 aromatic heterocycles. The van der Waals surface area contributed by atoms with Gasteiger partial charge in [0, 0.05) is 23.4 Å². The fourth-order valence-electron chi connectivity index (χ4n) is 3.27. The highest BCUT2D eigenvalue weighted by atomic mass is 35.5. The maximum absolute atomic E-state index is 13.0. The predicted octanol–water partition coefficient (Wildman–Crippen LogP) is 5.04. The molecule has 1 N–H and O–H groups in total. The largest absolute Gasteiger partial charge is 0.420 e. The van der Waals surface area contributed by atoms with Crippen LogP contribution in [-0.2, 0) is 0 Å². The summed E-state index contributed by atoms with van der Waals surface area (Å²) in [5.74, 6) is -0.464. The van der Waals surface area contributed by atoms with Crippen molar-refractivity contribution >= 4 is 34.3 Å². The fraction of sp³-hybridized carbons (Fsp3) is 0.190. The highest BCUT2D eigenvalue weighted by molar-refractivity contribution is 6.33. The van der Waals surface area contributed by atoms with E-state index in [1.54, 1.807) is 47.9 Å². The van der Waals surface area contributed by atoms with Crippen LogP contribution in [-0.4, -0.2) is 15.6 Å². The second-order valence-electron chi connectivity index (χ2n) is 6.91. The number of aryl methyl sites for hydroxylation is 1. The molecule has 0 bridgehead atoms. The van der Waals surface area contributed by atoms with Gasteiger partial charge < -0.3 is 14.3 Å². The van der Waals surface area contributed by atoms with Crippen LogP contribution >= 0.6 is 11.6 Å². The van der Waals surface area contributed by atoms with Crippen LogP contribution in [0.1, 0.15) is 36.0 Å². The van der Waals surface area contributed by atoms with Gasteiger partial charge in [0.1, 0.15) is 17.0 Å². The number of nitrogens with zero attached hydrogens (tertiary/aromatic N) is 2. The molecule has 0 unspecified atom stereocenters. The van der Waals surface area contributed by atoms with Crippen molar-refractivity contribution in [2.24, 2.45) is 0 Å². The SMILES string of the molecule is Cc1onc(-c2ccccc2Cl)c1C(=O)Nc1ccc2c(c1)oc(=O)n2C(C)C. The maximum atomic E-state index is 13.0. The number of carbonyl (C=O) groups is 1. The van der Waals surface area contributed by atoms with Crippen LogP contribution < -0.4 is 11.1 Å². The van der Waals surface area contributed by atoms with Crippen molar-refractivity contribution in [3.05, 3.63) is 69.4 Å². The summed E-state index contributed by atoms with van der Waals surface area (Å²) in [6.45, 7) is 5.46. The van der Waals surface area contributed by atoms with Gasteiger partial charge in [-0.05, 0) is 39.0 Å². The zero-order valence-corrected chi connectivity index (χ0v) is 16.8. The summed E-state index contributed by atoms with van der Waals surface area (Å²) in [6.07, 6.45) is 0. The van der Waals surface area contributed by atoms with Crippen LogP contribution in [0.2, 0.25) is 5.02 Å². The lowest BCUT2D eigenvalue weighted by Gasteiger charge is -2.08. The molecule has 8 heteroatoms. The number of carbonyl (C=O) groups excluding carboxylic acids is 1. The van der Waals surface area contributed by atoms with Crippen molar-refractivity contribution in [3.8, 4) is 11.3 Å². The second kappa shape index (κ2) is 7.25. The van der Waals surface area contributed by atoms with Gasteiger partial charge in [-0.3, -0.25) is 9.36 Å². The third kappa shape index (κ3) is 3.34. The Morgan fingerprint density at radius 3 is 2.69 bits per heavy atom. The smallest absolute Gasteiger partial charge is 0.408 e. The first-order chi connectivity index (χ1) is 13.9. The van der Waals surface area contributed by atoms with Crippen molar-refractivity contribution in [2.45, 2.75) is 26.8 Å². The van der Waals surface area contributed by atoms with Crippen LogP contribution in [0.5, 0.6) is 0 Å². The minimum Gasteiger partial charge on any atom is -0.408 e. The van der Waals surface area contributed by atoms with Crippen molar-refractivity contribution in [1.82, 2.24) is 9.72 Å². The van der Waals surface area contributed by atoms with E-state index in [-0.39, 0.29) is 6.04 Å². The third-order valence-corrected chi connectivity index (χ3v) is 4.94. The Morgan fingerprint density at radius 1 is 1.21 bits per heavy atom. The molecule has 2 heterocycles. The molecule has 1 amide bonds. The summed E-state index contributed by atoms with van der Waals surface area (Å²) < 4.78 is 12.1. The van der Waals surface area contributed by atoms with E-state index in [1.807, 2.05) is 19.9 Å². The molecule has 0 fully saturated rings. The first-order valence-electron chi connectivity index (χ1n) is 9.04. The molecule has 0 saturated carbocycles. The topological polar surface area (TPSA) is 90.3 Å². The van der Waals surface area contributed by atoms with Crippen LogP contribution in [0.15, 0.2) is 56.2 Å². The highest BCUT2D eigenvalue weighted by Gasteiger charge is 2.23. The van der Waals surface area contributed by atoms with Gasteiger partial charge >= 0.3 is 5.76 Å². The Balaban J connectivity index is 1.70. The van der Waals surface area contributed by atoms with Gasteiger partial charge in [-0.15, -0.1) is 0 Å². The Morgan fingerprint density at radius 2 is 1.97 bits per heavy atom. The normalized spacial score (nSPS) is 11.3. The zero-order chi connectivity index (χ0) is 20.7. The summed E-state index contributed by atoms with van der Waals surface area (Å²) in [5, 5.41) is 7.29. The van der Waals surface area contributed by atoms with E-state index in [4.69, 9.17) is 20.5 Å². The molecule has 0 atom stereocenters. The molecule has 7 nitrogen and oxygen atoms in total. The average Bonchev–Trinajstić information content (AvgIpc) is 3.20. The Bertz CT molecular complexity index is 1280. The van der Waals surface area contributed by atoms with Crippen LogP contribution in [0.3, 0.4) is 0 Å². The minimum atomic E-state index is -0.436. The molecular formula is C21H18ClN3O4. The van der Waals surface area contributed by atoms with Crippen molar-refractivity contribution in [2.75, 3.05) is 5.32 Å². The number of hydrogen-bond donors (Lipinski definition) is 1. The predicted molar refractivity (Wildman–Crippen MR) is 110 cm³/mol. The van der Waals surface area contributed by atoms with E-state index in [1.165, 1.54) is 0 Å². The number of rotatable bonds is 4. The molecule has 29 heavy (non-hydrogen) atoms. The van der Waals surface area contributed by atoms with Gasteiger partial charge in [-0.25, -0.2) is 4.79 Å². The number of benzene rings is 2. The fourth-order valence-corrected chi connectivity index (χ4v) is 3.50. The first kappa shape index (κ1) is 19.0. The molecule has 4 rings (SSSR count). The summed E-state index contributed by atoms with van der Waals surface area (Å²) >= 11 is 6.26.